The number of nitrogens with one attached hydrogen (secondary N) is 4. The lowest BCUT2D eigenvalue weighted by atomic mass is 9.98. The Kier molecular flexibility index (Phi) is 7.19. The highest BCUT2D eigenvalue weighted by atomic mass is 19.1. The Hall–Kier alpha value is -3.75. The number of pyridine rings is 1. The number of hydrogen-bond donors (Lipinski definition) is 5. The van der Waals surface area contributed by atoms with Crippen molar-refractivity contribution in [2.75, 3.05) is 25.5 Å². The predicted octanol–water partition coefficient (Wildman–Crippen LogP) is 3.85. The first-order chi connectivity index (χ1) is 15.3. The van der Waals surface area contributed by atoms with Crippen molar-refractivity contribution in [3.8, 4) is 5.75 Å². The quantitative estimate of drug-likeness (QED) is 0.453. The average Bonchev–Trinajstić information content (AvgIpc) is 2.76. The largest absolute Gasteiger partial charge is 0.482 e. The fourth-order valence-electron chi connectivity index (χ4n) is 3.47. The van der Waals surface area contributed by atoms with Crippen molar-refractivity contribution in [3.63, 3.8) is 0 Å². The molecule has 2 aromatic rings. The van der Waals surface area contributed by atoms with Crippen molar-refractivity contribution in [1.29, 1.82) is 10.8 Å². The van der Waals surface area contributed by atoms with Crippen LogP contribution in [0.5, 0.6) is 5.75 Å². The van der Waals surface area contributed by atoms with E-state index < -0.39 is 18.6 Å². The maximum Gasteiger partial charge on any atom is 0.166 e. The second-order valence-corrected chi connectivity index (χ2v) is 7.35. The van der Waals surface area contributed by atoms with E-state index in [9.17, 15) is 8.78 Å². The van der Waals surface area contributed by atoms with Crippen LogP contribution in [-0.2, 0) is 0 Å². The van der Waals surface area contributed by atoms with E-state index in [1.807, 2.05) is 0 Å². The van der Waals surface area contributed by atoms with Crippen LogP contribution in [-0.4, -0.2) is 36.7 Å². The van der Waals surface area contributed by atoms with Gasteiger partial charge in [0.2, 0.25) is 0 Å². The molecule has 0 unspecified atom stereocenters. The monoisotopic (exact) mass is 440 g/mol. The molecular weight excluding hydrogens is 414 g/mol. The fourth-order valence-corrected chi connectivity index (χ4v) is 3.47. The Labute approximate surface area is 185 Å². The number of ether oxygens (including phenoxy) is 1. The van der Waals surface area contributed by atoms with Crippen LogP contribution >= 0.6 is 0 Å². The fraction of sp³-hybridized carbons (Fsp3) is 0.261. The van der Waals surface area contributed by atoms with E-state index in [4.69, 9.17) is 21.3 Å². The first kappa shape index (κ1) is 22.9. The summed E-state index contributed by atoms with van der Waals surface area (Å²) >= 11 is 0. The third kappa shape index (κ3) is 5.11. The Balaban J connectivity index is 2.25. The minimum Gasteiger partial charge on any atom is -0.482 e. The number of benzene rings is 1. The van der Waals surface area contributed by atoms with Crippen LogP contribution in [0.2, 0.25) is 0 Å². The molecule has 1 aromatic carbocycles. The maximum absolute atomic E-state index is 14.1. The zero-order chi connectivity index (χ0) is 23.3. The minimum atomic E-state index is -0.595. The summed E-state index contributed by atoms with van der Waals surface area (Å²) in [7, 11) is 0. The number of nitrogens with zero attached hydrogens (tertiary/aromatic N) is 1. The van der Waals surface area contributed by atoms with Gasteiger partial charge in [-0.2, -0.15) is 0 Å². The van der Waals surface area contributed by atoms with Gasteiger partial charge in [0.05, 0.1) is 0 Å². The molecule has 3 rings (SSSR count). The van der Waals surface area contributed by atoms with E-state index >= 15 is 0 Å². The van der Waals surface area contributed by atoms with Crippen molar-refractivity contribution >= 4 is 29.1 Å². The second kappa shape index (κ2) is 10.0. The molecule has 6 N–H and O–H groups in total. The summed E-state index contributed by atoms with van der Waals surface area (Å²) < 4.78 is 33.2. The lowest BCUT2D eigenvalue weighted by molar-refractivity contribution is 0.226. The van der Waals surface area contributed by atoms with E-state index in [0.717, 1.165) is 0 Å². The Morgan fingerprint density at radius 2 is 2.19 bits per heavy atom. The van der Waals surface area contributed by atoms with Gasteiger partial charge >= 0.3 is 0 Å². The third-order valence-electron chi connectivity index (χ3n) is 4.94. The molecule has 1 aliphatic heterocycles. The normalized spacial score (nSPS) is 19.6. The van der Waals surface area contributed by atoms with Crippen molar-refractivity contribution in [2.24, 2.45) is 0 Å². The van der Waals surface area contributed by atoms with Crippen molar-refractivity contribution in [2.45, 2.75) is 20.0 Å². The molecule has 1 aromatic heterocycles. The highest BCUT2D eigenvalue weighted by Gasteiger charge is 2.21. The highest BCUT2D eigenvalue weighted by Crippen LogP contribution is 2.33. The topological polar surface area (TPSA) is 120 Å². The lowest BCUT2D eigenvalue weighted by Gasteiger charge is -2.24. The third-order valence-corrected chi connectivity index (χ3v) is 4.94. The molecule has 1 aliphatic rings. The SMILES string of the molecule is CC(=N)/C=C1\NC/C(C=N)=C(/NCCF)c2cnc(N)c(c2)O[C@H](C)c2cc(F)ccc21. The van der Waals surface area contributed by atoms with Gasteiger partial charge in [0.1, 0.15) is 18.6 Å². The van der Waals surface area contributed by atoms with E-state index in [1.54, 1.807) is 32.1 Å². The summed E-state index contributed by atoms with van der Waals surface area (Å²) in [5, 5.41) is 22.1. The molecule has 7 nitrogen and oxygen atoms in total. The number of nitrogen functional groups attached to an aromatic ring is 1. The van der Waals surface area contributed by atoms with Crippen LogP contribution in [0.3, 0.4) is 0 Å². The van der Waals surface area contributed by atoms with Gasteiger partial charge in [-0.3, -0.25) is 0 Å². The summed E-state index contributed by atoms with van der Waals surface area (Å²) in [6.07, 6.45) is 3.72. The molecule has 0 saturated carbocycles. The number of aromatic nitrogens is 1. The Morgan fingerprint density at radius 3 is 2.88 bits per heavy atom. The van der Waals surface area contributed by atoms with Crippen molar-refractivity contribution in [3.05, 3.63) is 64.6 Å². The van der Waals surface area contributed by atoms with Crippen LogP contribution < -0.4 is 21.1 Å². The number of rotatable bonds is 5. The maximum atomic E-state index is 14.1. The number of halogens is 2. The van der Waals surface area contributed by atoms with Crippen LogP contribution in [0.1, 0.15) is 36.6 Å². The summed E-state index contributed by atoms with van der Waals surface area (Å²) in [5.41, 5.74) is 9.72. The molecular formula is C23H26F2N6O. The molecule has 0 spiro atoms. The van der Waals surface area contributed by atoms with Gasteiger partial charge in [0, 0.05) is 64.9 Å². The van der Waals surface area contributed by atoms with Gasteiger partial charge in [-0.15, -0.1) is 0 Å². The standard InChI is InChI=1S/C23H26F2N6O/c1-13(27)7-20-18-4-3-17(25)9-19(18)14(2)32-21-8-15(11-31-23(21)28)22(29-6-5-24)16(10-26)12-30-20/h3-4,7-11,14,26-27,29-30H,5-6,12H2,1-2H3,(H2,28,31)/b20-7-,22-16+,26-10?,27-13?/t14-/m1/s1. The molecule has 0 saturated heterocycles. The molecule has 0 amide bonds. The average molecular weight is 440 g/mol. The zero-order valence-corrected chi connectivity index (χ0v) is 17.9. The van der Waals surface area contributed by atoms with Gasteiger partial charge in [-0.05, 0) is 44.2 Å². The number of alkyl halides is 1. The molecule has 2 bridgehead atoms. The summed E-state index contributed by atoms with van der Waals surface area (Å²) in [6, 6.07) is 6.01. The number of anilines is 1. The number of fused-ring (bicyclic) bond motifs is 3. The summed E-state index contributed by atoms with van der Waals surface area (Å²) in [6.45, 7) is 3.05. The number of hydrogen-bond acceptors (Lipinski definition) is 7. The first-order valence-electron chi connectivity index (χ1n) is 10.1. The number of nitrogens with two attached hydrogens (primary N) is 1. The molecule has 0 fully saturated rings. The minimum absolute atomic E-state index is 0.0497. The number of allylic oxidation sites excluding steroid dienone is 1. The van der Waals surface area contributed by atoms with Gasteiger partial charge in [-0.1, -0.05) is 0 Å². The predicted molar refractivity (Wildman–Crippen MR) is 123 cm³/mol. The molecule has 1 atom stereocenters. The van der Waals surface area contributed by atoms with Gasteiger partial charge in [0.25, 0.3) is 0 Å². The van der Waals surface area contributed by atoms with Crippen LogP contribution in [0.4, 0.5) is 14.6 Å². The lowest BCUT2D eigenvalue weighted by Crippen LogP contribution is -2.25. The Bertz CT molecular complexity index is 1100. The molecule has 9 heteroatoms. The van der Waals surface area contributed by atoms with Gasteiger partial charge < -0.3 is 31.9 Å². The molecule has 0 aliphatic carbocycles. The van der Waals surface area contributed by atoms with Crippen LogP contribution in [0.25, 0.3) is 11.4 Å². The van der Waals surface area contributed by atoms with Crippen molar-refractivity contribution in [1.82, 2.24) is 15.6 Å². The molecule has 32 heavy (non-hydrogen) atoms. The van der Waals surface area contributed by atoms with Crippen molar-refractivity contribution < 1.29 is 13.5 Å². The second-order valence-electron chi connectivity index (χ2n) is 7.35. The van der Waals surface area contributed by atoms with Gasteiger partial charge in [0.15, 0.2) is 11.6 Å². The Morgan fingerprint density at radius 1 is 1.41 bits per heavy atom. The summed E-state index contributed by atoms with van der Waals surface area (Å²) in [4.78, 5) is 4.19. The molecule has 0 radical (unpaired) electrons. The van der Waals surface area contributed by atoms with E-state index in [1.165, 1.54) is 24.5 Å². The highest BCUT2D eigenvalue weighted by molar-refractivity contribution is 5.97. The van der Waals surface area contributed by atoms with E-state index in [0.29, 0.717) is 39.4 Å². The van der Waals surface area contributed by atoms with E-state index in [-0.39, 0.29) is 24.7 Å². The smallest absolute Gasteiger partial charge is 0.166 e. The first-order valence-corrected chi connectivity index (χ1v) is 10.1. The van der Waals surface area contributed by atoms with Crippen LogP contribution in [0.15, 0.2) is 42.1 Å². The van der Waals surface area contributed by atoms with Crippen LogP contribution in [0, 0.1) is 16.6 Å². The summed E-state index contributed by atoms with van der Waals surface area (Å²) in [5.74, 6) is 0.0207. The molecule has 168 valence electrons. The molecule has 2 heterocycles. The van der Waals surface area contributed by atoms with E-state index in [2.05, 4.69) is 15.6 Å². The zero-order valence-electron chi connectivity index (χ0n) is 17.9. The van der Waals surface area contributed by atoms with Gasteiger partial charge in [-0.25, -0.2) is 13.8 Å².